The maximum atomic E-state index is 12.0. The van der Waals surface area contributed by atoms with Crippen molar-refractivity contribution >= 4 is 21.4 Å². The Labute approximate surface area is 129 Å². The van der Waals surface area contributed by atoms with Crippen LogP contribution in [0.5, 0.6) is 0 Å². The van der Waals surface area contributed by atoms with E-state index in [2.05, 4.69) is 0 Å². The van der Waals surface area contributed by atoms with Crippen LogP contribution in [0.25, 0.3) is 5.57 Å². The molecule has 3 rings (SSSR count). The Balaban J connectivity index is 1.99. The molecule has 0 aromatic heterocycles. The summed E-state index contributed by atoms with van der Waals surface area (Å²) in [5.41, 5.74) is 2.35. The molecule has 0 radical (unpaired) electrons. The van der Waals surface area contributed by atoms with E-state index in [4.69, 9.17) is 4.74 Å². The Morgan fingerprint density at radius 2 is 1.59 bits per heavy atom. The van der Waals surface area contributed by atoms with Crippen molar-refractivity contribution in [2.45, 2.75) is 10.8 Å². The largest absolute Gasteiger partial charge is 0.433 e. The number of benzene rings is 2. The van der Waals surface area contributed by atoms with Crippen molar-refractivity contribution in [1.82, 2.24) is 0 Å². The van der Waals surface area contributed by atoms with Gasteiger partial charge in [0, 0.05) is 11.8 Å². The van der Waals surface area contributed by atoms with Crippen molar-refractivity contribution in [1.29, 1.82) is 0 Å². The summed E-state index contributed by atoms with van der Waals surface area (Å²) in [6.45, 7) is 0. The Kier molecular flexibility index (Phi) is 3.58. The van der Waals surface area contributed by atoms with Gasteiger partial charge >= 0.3 is 5.97 Å². The van der Waals surface area contributed by atoms with Crippen LogP contribution >= 0.6 is 0 Å². The van der Waals surface area contributed by atoms with E-state index >= 15 is 0 Å². The Morgan fingerprint density at radius 3 is 2.18 bits per heavy atom. The molecular weight excluding hydrogens is 300 g/mol. The summed E-state index contributed by atoms with van der Waals surface area (Å²) in [4.78, 5) is 12.3. The molecule has 0 saturated heterocycles. The standard InChI is InChI=1S/C17H14O4S/c1-22(19,20)14-9-7-12(8-10-14)15-11-21-17(18)16(15)13-5-3-2-4-6-13/h2-11,16H,1H3. The number of carbonyl (C=O) groups is 1. The third kappa shape index (κ3) is 2.67. The van der Waals surface area contributed by atoms with Gasteiger partial charge in [-0.05, 0) is 23.3 Å². The van der Waals surface area contributed by atoms with E-state index in [9.17, 15) is 13.2 Å². The van der Waals surface area contributed by atoms with Crippen molar-refractivity contribution in [3.63, 3.8) is 0 Å². The molecule has 5 heteroatoms. The highest BCUT2D eigenvalue weighted by molar-refractivity contribution is 7.90. The van der Waals surface area contributed by atoms with Gasteiger partial charge in [0.15, 0.2) is 9.84 Å². The molecule has 0 fully saturated rings. The Morgan fingerprint density at radius 1 is 0.955 bits per heavy atom. The first-order valence-corrected chi connectivity index (χ1v) is 8.62. The van der Waals surface area contributed by atoms with Gasteiger partial charge in [-0.2, -0.15) is 0 Å². The number of esters is 1. The van der Waals surface area contributed by atoms with E-state index in [0.717, 1.165) is 23.0 Å². The number of rotatable bonds is 3. The molecule has 4 nitrogen and oxygen atoms in total. The quantitative estimate of drug-likeness (QED) is 0.817. The third-order valence-corrected chi connectivity index (χ3v) is 4.73. The molecule has 0 N–H and O–H groups in total. The van der Waals surface area contributed by atoms with Gasteiger partial charge in [-0.25, -0.2) is 8.42 Å². The summed E-state index contributed by atoms with van der Waals surface area (Å²) in [7, 11) is -3.24. The van der Waals surface area contributed by atoms with E-state index in [1.165, 1.54) is 18.4 Å². The predicted octanol–water partition coefficient (Wildman–Crippen LogP) is 2.77. The van der Waals surface area contributed by atoms with Crippen LogP contribution in [0.15, 0.2) is 65.8 Å². The number of carbonyl (C=O) groups excluding carboxylic acids is 1. The SMILES string of the molecule is CS(=O)(=O)c1ccc(C2=COC(=O)C2c2ccccc2)cc1. The second kappa shape index (κ2) is 5.42. The summed E-state index contributed by atoms with van der Waals surface area (Å²) in [5, 5.41) is 0. The van der Waals surface area contributed by atoms with Crippen LogP contribution in [0, 0.1) is 0 Å². The van der Waals surface area contributed by atoms with Crippen molar-refractivity contribution in [2.75, 3.05) is 6.26 Å². The lowest BCUT2D eigenvalue weighted by Crippen LogP contribution is -2.09. The van der Waals surface area contributed by atoms with Crippen LogP contribution in [0.3, 0.4) is 0 Å². The summed E-state index contributed by atoms with van der Waals surface area (Å²) in [6, 6.07) is 15.8. The average molecular weight is 314 g/mol. The molecule has 22 heavy (non-hydrogen) atoms. The fourth-order valence-corrected chi connectivity index (χ4v) is 3.11. The zero-order valence-corrected chi connectivity index (χ0v) is 12.7. The third-order valence-electron chi connectivity index (χ3n) is 3.60. The van der Waals surface area contributed by atoms with E-state index < -0.39 is 15.8 Å². The molecule has 1 aliphatic rings. The smallest absolute Gasteiger partial charge is 0.322 e. The highest BCUT2D eigenvalue weighted by atomic mass is 32.2. The molecule has 2 aromatic rings. The number of cyclic esters (lactones) is 1. The van der Waals surface area contributed by atoms with E-state index in [-0.39, 0.29) is 10.9 Å². The second-order valence-corrected chi connectivity index (χ2v) is 7.17. The van der Waals surface area contributed by atoms with Gasteiger partial charge in [-0.15, -0.1) is 0 Å². The lowest BCUT2D eigenvalue weighted by Gasteiger charge is -2.12. The van der Waals surface area contributed by atoms with Gasteiger partial charge in [0.1, 0.15) is 5.92 Å². The first-order chi connectivity index (χ1) is 10.5. The summed E-state index contributed by atoms with van der Waals surface area (Å²) in [5.74, 6) is -0.807. The first kappa shape index (κ1) is 14.5. The van der Waals surface area contributed by atoms with Crippen molar-refractivity contribution in [2.24, 2.45) is 0 Å². The Bertz CT molecular complexity index is 834. The van der Waals surface area contributed by atoms with Crippen LogP contribution < -0.4 is 0 Å². The molecule has 0 spiro atoms. The van der Waals surface area contributed by atoms with Crippen molar-refractivity contribution in [3.8, 4) is 0 Å². The van der Waals surface area contributed by atoms with Crippen LogP contribution in [-0.2, 0) is 19.4 Å². The zero-order chi connectivity index (χ0) is 15.7. The molecule has 0 saturated carbocycles. The van der Waals surface area contributed by atoms with E-state index in [0.29, 0.717) is 0 Å². The monoisotopic (exact) mass is 314 g/mol. The molecule has 1 unspecified atom stereocenters. The number of ether oxygens (including phenoxy) is 1. The molecular formula is C17H14O4S. The molecule has 1 heterocycles. The molecule has 2 aromatic carbocycles. The normalized spacial score (nSPS) is 18.0. The number of sulfone groups is 1. The molecule has 112 valence electrons. The fraction of sp³-hybridized carbons (Fsp3) is 0.118. The van der Waals surface area contributed by atoms with Crippen LogP contribution in [-0.4, -0.2) is 20.6 Å². The first-order valence-electron chi connectivity index (χ1n) is 6.73. The minimum absolute atomic E-state index is 0.248. The van der Waals surface area contributed by atoms with Crippen molar-refractivity contribution < 1.29 is 17.9 Å². The van der Waals surface area contributed by atoms with E-state index in [1.807, 2.05) is 30.3 Å². The lowest BCUT2D eigenvalue weighted by atomic mass is 9.89. The predicted molar refractivity (Wildman–Crippen MR) is 82.8 cm³/mol. The van der Waals surface area contributed by atoms with Crippen molar-refractivity contribution in [3.05, 3.63) is 72.0 Å². The molecule has 1 atom stereocenters. The maximum absolute atomic E-state index is 12.0. The second-order valence-electron chi connectivity index (χ2n) is 5.15. The minimum Gasteiger partial charge on any atom is -0.433 e. The summed E-state index contributed by atoms with van der Waals surface area (Å²) >= 11 is 0. The molecule has 0 aliphatic carbocycles. The fourth-order valence-electron chi connectivity index (χ4n) is 2.48. The van der Waals surface area contributed by atoms with Gasteiger partial charge in [0.25, 0.3) is 0 Å². The Hall–Kier alpha value is -2.40. The van der Waals surface area contributed by atoms with Gasteiger partial charge in [-0.1, -0.05) is 42.5 Å². The highest BCUT2D eigenvalue weighted by Crippen LogP contribution is 2.37. The number of hydrogen-bond acceptors (Lipinski definition) is 4. The summed E-state index contributed by atoms with van der Waals surface area (Å²) in [6.07, 6.45) is 2.60. The zero-order valence-electron chi connectivity index (χ0n) is 11.9. The molecule has 0 bridgehead atoms. The highest BCUT2D eigenvalue weighted by Gasteiger charge is 2.32. The van der Waals surface area contributed by atoms with Crippen LogP contribution in [0.4, 0.5) is 0 Å². The van der Waals surface area contributed by atoms with E-state index in [1.54, 1.807) is 12.1 Å². The maximum Gasteiger partial charge on any atom is 0.322 e. The van der Waals surface area contributed by atoms with Crippen LogP contribution in [0.2, 0.25) is 0 Å². The summed E-state index contributed by atoms with van der Waals surface area (Å²) < 4.78 is 28.1. The minimum atomic E-state index is -3.24. The lowest BCUT2D eigenvalue weighted by molar-refractivity contribution is -0.136. The van der Waals surface area contributed by atoms with Gasteiger partial charge in [-0.3, -0.25) is 4.79 Å². The topological polar surface area (TPSA) is 60.4 Å². The average Bonchev–Trinajstić information content (AvgIpc) is 2.89. The van der Waals surface area contributed by atoms with Gasteiger partial charge in [0.05, 0.1) is 11.2 Å². The molecule has 1 aliphatic heterocycles. The molecule has 0 amide bonds. The van der Waals surface area contributed by atoms with Gasteiger partial charge in [0.2, 0.25) is 0 Å². The number of hydrogen-bond donors (Lipinski definition) is 0. The van der Waals surface area contributed by atoms with Gasteiger partial charge < -0.3 is 4.74 Å². The van der Waals surface area contributed by atoms with Crippen LogP contribution in [0.1, 0.15) is 17.0 Å².